The molecule has 0 radical (unpaired) electrons. The number of carbonyl (C=O) groups excluding carboxylic acids is 1. The van der Waals surface area contributed by atoms with Crippen molar-refractivity contribution in [3.8, 4) is 0 Å². The van der Waals surface area contributed by atoms with E-state index in [4.69, 9.17) is 4.79 Å². The number of aromatic nitrogens is 1. The lowest BCUT2D eigenvalue weighted by Gasteiger charge is -1.65. The Morgan fingerprint density at radius 2 is 2.20 bits per heavy atom. The second-order valence-electron chi connectivity index (χ2n) is 1.35. The first-order chi connectivity index (χ1) is 4.63. The van der Waals surface area contributed by atoms with E-state index in [-0.39, 0.29) is 0 Å². The van der Waals surface area contributed by atoms with Crippen molar-refractivity contribution in [2.45, 2.75) is 6.92 Å². The molecule has 0 aliphatic carbocycles. The van der Waals surface area contributed by atoms with E-state index < -0.39 is 4.70 Å². The molecule has 1 aromatic rings. The van der Waals surface area contributed by atoms with E-state index in [2.05, 4.69) is 32.9 Å². The topological polar surface area (TPSA) is 43.1 Å². The van der Waals surface area contributed by atoms with Gasteiger partial charge in [0.2, 0.25) is 0 Å². The van der Waals surface area contributed by atoms with Gasteiger partial charge in [0.25, 0.3) is 0 Å². The third-order valence-electron chi connectivity index (χ3n) is 0.567. The van der Waals surface area contributed by atoms with E-state index in [0.29, 0.717) is 0 Å². The highest BCUT2D eigenvalue weighted by Gasteiger charge is 1.78. The summed E-state index contributed by atoms with van der Waals surface area (Å²) in [6.07, 6.45) is 1.62. The summed E-state index contributed by atoms with van der Waals surface area (Å²) >= 11 is 8.80. The monoisotopic (exact) mass is 181 g/mol. The molecule has 0 bridgehead atoms. The van der Waals surface area contributed by atoms with Crippen LogP contribution in [0, 0.1) is 6.92 Å². The molecule has 0 aliphatic rings. The average molecular weight is 182 g/mol. The Morgan fingerprint density at radius 1 is 1.70 bits per heavy atom. The molecule has 3 nitrogen and oxygen atoms in total. The van der Waals surface area contributed by atoms with Crippen molar-refractivity contribution in [3.63, 3.8) is 0 Å². The van der Waals surface area contributed by atoms with Crippen LogP contribution in [0.3, 0.4) is 0 Å². The van der Waals surface area contributed by atoms with Crippen molar-refractivity contribution in [1.29, 1.82) is 0 Å². The normalized spacial score (nSPS) is 7.90. The Labute approximate surface area is 67.9 Å². The van der Waals surface area contributed by atoms with Gasteiger partial charge in [-0.05, 0) is 30.1 Å². The minimum atomic E-state index is -0.889. The van der Waals surface area contributed by atoms with Gasteiger partial charge in [0.05, 0.1) is 6.20 Å². The second kappa shape index (κ2) is 5.26. The van der Waals surface area contributed by atoms with Crippen molar-refractivity contribution >= 4 is 27.9 Å². The van der Waals surface area contributed by atoms with Crippen LogP contribution in [0.15, 0.2) is 16.8 Å². The summed E-state index contributed by atoms with van der Waals surface area (Å²) < 4.78 is 3.69. The van der Waals surface area contributed by atoms with Crippen molar-refractivity contribution in [2.24, 2.45) is 0 Å². The third-order valence-corrected chi connectivity index (χ3v) is 0.567. The van der Waals surface area contributed by atoms with Crippen LogP contribution in [0.5, 0.6) is 0 Å². The van der Waals surface area contributed by atoms with E-state index >= 15 is 0 Å². The average Bonchev–Trinajstić information content (AvgIpc) is 2.15. The van der Waals surface area contributed by atoms with E-state index in [0.717, 1.165) is 5.76 Å². The summed E-state index contributed by atoms with van der Waals surface area (Å²) in [5, 5.41) is 3.45. The minimum Gasteiger partial charge on any atom is -0.362 e. The van der Waals surface area contributed by atoms with Crippen molar-refractivity contribution in [1.82, 2.24) is 5.16 Å². The van der Waals surface area contributed by atoms with Gasteiger partial charge in [0.1, 0.15) is 5.76 Å². The predicted molar refractivity (Wildman–Crippen MR) is 38.3 cm³/mol. The molecule has 1 aromatic heterocycles. The minimum absolute atomic E-state index is 0.856. The van der Waals surface area contributed by atoms with Crippen molar-refractivity contribution in [2.75, 3.05) is 0 Å². The van der Waals surface area contributed by atoms with Crippen molar-refractivity contribution < 1.29 is 9.32 Å². The van der Waals surface area contributed by atoms with Gasteiger partial charge in [-0.3, -0.25) is 4.79 Å². The van der Waals surface area contributed by atoms with Gasteiger partial charge in [-0.25, -0.2) is 0 Å². The van der Waals surface area contributed by atoms with Gasteiger partial charge in [0.15, 0.2) is 0 Å². The lowest BCUT2D eigenvalue weighted by Crippen LogP contribution is -1.50. The molecule has 0 fully saturated rings. The summed E-state index contributed by atoms with van der Waals surface area (Å²) in [6.45, 7) is 1.85. The van der Waals surface area contributed by atoms with Crippen LogP contribution in [0.2, 0.25) is 0 Å². The highest BCUT2D eigenvalue weighted by molar-refractivity contribution is 6.93. The zero-order valence-corrected chi connectivity index (χ0v) is 6.69. The highest BCUT2D eigenvalue weighted by atomic mass is 35.5. The van der Waals surface area contributed by atoms with E-state index in [1.165, 1.54) is 0 Å². The van der Waals surface area contributed by atoms with E-state index in [1.807, 2.05) is 6.92 Å². The van der Waals surface area contributed by atoms with Crippen LogP contribution in [0.1, 0.15) is 5.76 Å². The number of hydrogen-bond donors (Lipinski definition) is 0. The molecule has 0 saturated heterocycles. The second-order valence-corrected chi connectivity index (χ2v) is 2.23. The summed E-state index contributed by atoms with van der Waals surface area (Å²) in [5.41, 5.74) is 0. The van der Waals surface area contributed by atoms with Gasteiger partial charge in [0, 0.05) is 6.07 Å². The molecular formula is C5H5Cl2NO2. The predicted octanol–water partition coefficient (Wildman–Crippen LogP) is 2.57. The molecule has 0 unspecified atom stereocenters. The Hall–Kier alpha value is -0.540. The Morgan fingerprint density at radius 3 is 2.30 bits per heavy atom. The van der Waals surface area contributed by atoms with E-state index in [1.54, 1.807) is 12.3 Å². The Bertz CT molecular complexity index is 182. The summed E-state index contributed by atoms with van der Waals surface area (Å²) in [6, 6.07) is 1.81. The molecule has 0 aliphatic heterocycles. The SMILES string of the molecule is Cc1ccno1.O=C(Cl)Cl. The lowest BCUT2D eigenvalue weighted by molar-refractivity contribution is 0.275. The molecule has 10 heavy (non-hydrogen) atoms. The Kier molecular flexibility index (Phi) is 4.98. The fourth-order valence-electron chi connectivity index (χ4n) is 0.279. The molecule has 56 valence electrons. The summed E-state index contributed by atoms with van der Waals surface area (Å²) in [4.78, 5) is 8.98. The molecule has 0 atom stereocenters. The molecule has 0 spiro atoms. The smallest absolute Gasteiger partial charge is 0.313 e. The summed E-state index contributed by atoms with van der Waals surface area (Å²) in [5.74, 6) is 0.856. The lowest BCUT2D eigenvalue weighted by atomic mass is 10.5. The number of rotatable bonds is 0. The fourth-order valence-corrected chi connectivity index (χ4v) is 0.279. The van der Waals surface area contributed by atoms with Crippen LogP contribution in [0.4, 0.5) is 4.79 Å². The van der Waals surface area contributed by atoms with Gasteiger partial charge in [-0.1, -0.05) is 5.16 Å². The summed E-state index contributed by atoms with van der Waals surface area (Å²) in [7, 11) is 0. The molecule has 1 heterocycles. The maximum atomic E-state index is 8.98. The van der Waals surface area contributed by atoms with Crippen LogP contribution < -0.4 is 0 Å². The van der Waals surface area contributed by atoms with Crippen LogP contribution in [0.25, 0.3) is 0 Å². The number of carbonyl (C=O) groups is 1. The number of hydrogen-bond acceptors (Lipinski definition) is 3. The number of halogens is 2. The molecule has 0 saturated carbocycles. The van der Waals surface area contributed by atoms with Gasteiger partial charge in [-0.2, -0.15) is 0 Å². The zero-order valence-electron chi connectivity index (χ0n) is 5.17. The molecule has 1 rings (SSSR count). The van der Waals surface area contributed by atoms with Crippen LogP contribution in [-0.2, 0) is 0 Å². The number of nitrogens with zero attached hydrogens (tertiary/aromatic N) is 1. The van der Waals surface area contributed by atoms with Gasteiger partial charge < -0.3 is 4.52 Å². The fraction of sp³-hybridized carbons (Fsp3) is 0.200. The largest absolute Gasteiger partial charge is 0.362 e. The van der Waals surface area contributed by atoms with Crippen molar-refractivity contribution in [3.05, 3.63) is 18.0 Å². The number of aryl methyl sites for hydroxylation is 1. The van der Waals surface area contributed by atoms with E-state index in [9.17, 15) is 0 Å². The molecule has 0 amide bonds. The highest BCUT2D eigenvalue weighted by Crippen LogP contribution is 1.88. The Balaban J connectivity index is 0.000000180. The maximum Gasteiger partial charge on any atom is 0.313 e. The van der Waals surface area contributed by atoms with Crippen LogP contribution in [-0.4, -0.2) is 9.86 Å². The first-order valence-electron chi connectivity index (χ1n) is 2.35. The molecule has 5 heteroatoms. The van der Waals surface area contributed by atoms with Gasteiger partial charge >= 0.3 is 4.70 Å². The maximum absolute atomic E-state index is 8.98. The standard InChI is InChI=1S/C4H5NO.CCl2O/c1-4-2-3-5-6-4;2-1(3)4/h2-3H,1H3;. The zero-order chi connectivity index (χ0) is 7.98. The molecular weight excluding hydrogens is 177 g/mol. The quantitative estimate of drug-likeness (QED) is 0.579. The third kappa shape index (κ3) is 7.46. The first-order valence-corrected chi connectivity index (χ1v) is 3.10. The van der Waals surface area contributed by atoms with Crippen LogP contribution >= 0.6 is 23.2 Å². The molecule has 0 N–H and O–H groups in total. The van der Waals surface area contributed by atoms with Gasteiger partial charge in [-0.15, -0.1) is 0 Å². The molecule has 0 aromatic carbocycles. The first kappa shape index (κ1) is 9.46.